The molecule has 332 valence electrons. The Hall–Kier alpha value is -1.59. The zero-order chi connectivity index (χ0) is 41.3. The summed E-state index contributed by atoms with van der Waals surface area (Å²) >= 11 is 0. The van der Waals surface area contributed by atoms with E-state index in [4.69, 9.17) is 14.2 Å². The second-order valence-corrected chi connectivity index (χ2v) is 18.1. The summed E-state index contributed by atoms with van der Waals surface area (Å²) in [5.41, 5.74) is 0. The van der Waals surface area contributed by atoms with Gasteiger partial charge in [-0.25, -0.2) is 0 Å². The predicted octanol–water partition coefficient (Wildman–Crippen LogP) is 15.6. The average Bonchev–Trinajstić information content (AvgIpc) is 3.18. The number of ether oxygens (including phenoxy) is 3. The van der Waals surface area contributed by atoms with Crippen LogP contribution in [0.4, 0.5) is 0 Å². The molecule has 0 saturated carbocycles. The third-order valence-electron chi connectivity index (χ3n) is 11.9. The molecule has 0 aromatic rings. The Labute approximate surface area is 348 Å². The molecule has 0 aromatic carbocycles. The molecule has 0 amide bonds. The van der Waals surface area contributed by atoms with Crippen molar-refractivity contribution in [2.45, 2.75) is 272 Å². The zero-order valence-electron chi connectivity index (χ0n) is 38.4. The molecule has 0 aliphatic carbocycles. The number of carbonyl (C=O) groups excluding carboxylic acids is 3. The smallest absolute Gasteiger partial charge is 0.306 e. The Bertz CT molecular complexity index is 872. The molecule has 0 N–H and O–H groups in total. The van der Waals surface area contributed by atoms with E-state index in [9.17, 15) is 14.4 Å². The van der Waals surface area contributed by atoms with Gasteiger partial charge in [-0.05, 0) is 37.0 Å². The molecular weight excluding hydrogens is 697 g/mol. The Morgan fingerprint density at radius 3 is 0.929 bits per heavy atom. The van der Waals surface area contributed by atoms with Crippen LogP contribution >= 0.6 is 0 Å². The van der Waals surface area contributed by atoms with Gasteiger partial charge in [0.15, 0.2) is 6.10 Å². The van der Waals surface area contributed by atoms with E-state index in [0.29, 0.717) is 19.3 Å². The van der Waals surface area contributed by atoms with Gasteiger partial charge in [0.2, 0.25) is 0 Å². The van der Waals surface area contributed by atoms with Crippen molar-refractivity contribution < 1.29 is 28.6 Å². The molecule has 0 heterocycles. The van der Waals surface area contributed by atoms with Crippen molar-refractivity contribution in [3.05, 3.63) is 0 Å². The molecule has 2 unspecified atom stereocenters. The summed E-state index contributed by atoms with van der Waals surface area (Å²) in [6.07, 6.45) is 39.3. The molecule has 0 saturated heterocycles. The number of hydrogen-bond donors (Lipinski definition) is 0. The number of hydrogen-bond acceptors (Lipinski definition) is 6. The summed E-state index contributed by atoms with van der Waals surface area (Å²) in [7, 11) is 0. The SMILES string of the molecule is CCC(C)CCCCCCCCCCCCC(=O)OC[C@H](COC(=O)CCCCCCCCCCCC(C)C)OC(=O)CCCCCCCCCCC(C)CC. The summed E-state index contributed by atoms with van der Waals surface area (Å²) in [6.45, 7) is 13.7. The molecule has 6 nitrogen and oxygen atoms in total. The van der Waals surface area contributed by atoms with Gasteiger partial charge >= 0.3 is 17.9 Å². The van der Waals surface area contributed by atoms with Crippen LogP contribution in [0.15, 0.2) is 0 Å². The summed E-state index contributed by atoms with van der Waals surface area (Å²) in [6, 6.07) is 0. The highest BCUT2D eigenvalue weighted by Gasteiger charge is 2.19. The fraction of sp³-hybridized carbons (Fsp3) is 0.940. The maximum absolute atomic E-state index is 12.7. The Morgan fingerprint density at radius 1 is 0.357 bits per heavy atom. The highest BCUT2D eigenvalue weighted by molar-refractivity contribution is 5.71. The number of rotatable bonds is 43. The van der Waals surface area contributed by atoms with E-state index in [1.54, 1.807) is 0 Å². The van der Waals surface area contributed by atoms with Gasteiger partial charge in [-0.2, -0.15) is 0 Å². The second kappa shape index (κ2) is 41.6. The number of carbonyl (C=O) groups is 3. The normalized spacial score (nSPS) is 13.1. The van der Waals surface area contributed by atoms with Crippen LogP contribution in [0.1, 0.15) is 266 Å². The largest absolute Gasteiger partial charge is 0.462 e. The molecule has 0 aliphatic heterocycles. The topological polar surface area (TPSA) is 78.9 Å². The highest BCUT2D eigenvalue weighted by Crippen LogP contribution is 2.18. The van der Waals surface area contributed by atoms with Gasteiger partial charge < -0.3 is 14.2 Å². The van der Waals surface area contributed by atoms with Gasteiger partial charge in [0, 0.05) is 19.3 Å². The predicted molar refractivity (Wildman–Crippen MR) is 238 cm³/mol. The Balaban J connectivity index is 4.35. The maximum atomic E-state index is 12.7. The Kier molecular flexibility index (Phi) is 40.4. The second-order valence-electron chi connectivity index (χ2n) is 18.1. The molecule has 0 rings (SSSR count). The first-order chi connectivity index (χ1) is 27.2. The van der Waals surface area contributed by atoms with Crippen LogP contribution in [0.25, 0.3) is 0 Å². The first-order valence-corrected chi connectivity index (χ1v) is 24.7. The van der Waals surface area contributed by atoms with Crippen molar-refractivity contribution in [1.82, 2.24) is 0 Å². The van der Waals surface area contributed by atoms with Crippen molar-refractivity contribution >= 4 is 17.9 Å². The van der Waals surface area contributed by atoms with Crippen LogP contribution in [0, 0.1) is 17.8 Å². The van der Waals surface area contributed by atoms with E-state index in [0.717, 1.165) is 75.5 Å². The van der Waals surface area contributed by atoms with Crippen LogP contribution in [0.5, 0.6) is 0 Å². The summed E-state index contributed by atoms with van der Waals surface area (Å²) in [4.78, 5) is 37.8. The molecule has 0 bridgehead atoms. The minimum atomic E-state index is -0.763. The standard InChI is InChI=1S/C50H96O6/c1-7-45(5)37-31-25-19-13-9-10-14-21-27-33-39-48(51)54-42-47(56-50(53)41-35-29-23-17-16-20-26-32-38-46(6)8-2)43-55-49(52)40-34-28-22-15-11-12-18-24-30-36-44(3)4/h44-47H,7-43H2,1-6H3/t45?,46?,47-/m1/s1. The maximum Gasteiger partial charge on any atom is 0.306 e. The van der Waals surface area contributed by atoms with Gasteiger partial charge in [-0.15, -0.1) is 0 Å². The minimum absolute atomic E-state index is 0.0658. The van der Waals surface area contributed by atoms with Gasteiger partial charge in [0.1, 0.15) is 13.2 Å². The third kappa shape index (κ3) is 40.6. The van der Waals surface area contributed by atoms with Crippen molar-refractivity contribution in [2.75, 3.05) is 13.2 Å². The van der Waals surface area contributed by atoms with E-state index in [-0.39, 0.29) is 31.1 Å². The monoisotopic (exact) mass is 793 g/mol. The first kappa shape index (κ1) is 54.4. The van der Waals surface area contributed by atoms with E-state index in [1.807, 2.05) is 0 Å². The summed E-state index contributed by atoms with van der Waals surface area (Å²) in [5.74, 6) is 1.66. The van der Waals surface area contributed by atoms with E-state index in [1.165, 1.54) is 148 Å². The van der Waals surface area contributed by atoms with Gasteiger partial charge in [0.25, 0.3) is 0 Å². The van der Waals surface area contributed by atoms with Gasteiger partial charge in [-0.1, -0.05) is 228 Å². The molecule has 0 aromatic heterocycles. The van der Waals surface area contributed by atoms with Crippen molar-refractivity contribution in [1.29, 1.82) is 0 Å². The van der Waals surface area contributed by atoms with Crippen molar-refractivity contribution in [2.24, 2.45) is 17.8 Å². The van der Waals surface area contributed by atoms with Crippen LogP contribution < -0.4 is 0 Å². The minimum Gasteiger partial charge on any atom is -0.462 e. The molecule has 0 fully saturated rings. The molecule has 0 radical (unpaired) electrons. The van der Waals surface area contributed by atoms with Gasteiger partial charge in [-0.3, -0.25) is 14.4 Å². The van der Waals surface area contributed by atoms with E-state index < -0.39 is 6.10 Å². The van der Waals surface area contributed by atoms with Crippen LogP contribution in [0.2, 0.25) is 0 Å². The van der Waals surface area contributed by atoms with E-state index in [2.05, 4.69) is 41.5 Å². The average molecular weight is 793 g/mol. The highest BCUT2D eigenvalue weighted by atomic mass is 16.6. The zero-order valence-corrected chi connectivity index (χ0v) is 38.4. The molecule has 0 spiro atoms. The molecule has 56 heavy (non-hydrogen) atoms. The lowest BCUT2D eigenvalue weighted by molar-refractivity contribution is -0.167. The lowest BCUT2D eigenvalue weighted by atomic mass is 9.99. The molecular formula is C50H96O6. The number of esters is 3. The van der Waals surface area contributed by atoms with Crippen LogP contribution in [-0.2, 0) is 28.6 Å². The van der Waals surface area contributed by atoms with Gasteiger partial charge in [0.05, 0.1) is 0 Å². The lowest BCUT2D eigenvalue weighted by Gasteiger charge is -2.18. The van der Waals surface area contributed by atoms with E-state index >= 15 is 0 Å². The number of unbranched alkanes of at least 4 members (excludes halogenated alkanes) is 24. The molecule has 3 atom stereocenters. The van der Waals surface area contributed by atoms with Crippen molar-refractivity contribution in [3.8, 4) is 0 Å². The molecule has 0 aliphatic rings. The third-order valence-corrected chi connectivity index (χ3v) is 11.9. The summed E-state index contributed by atoms with van der Waals surface area (Å²) < 4.78 is 16.8. The fourth-order valence-corrected chi connectivity index (χ4v) is 7.34. The van der Waals surface area contributed by atoms with Crippen molar-refractivity contribution in [3.63, 3.8) is 0 Å². The molecule has 6 heteroatoms. The lowest BCUT2D eigenvalue weighted by Crippen LogP contribution is -2.30. The summed E-state index contributed by atoms with van der Waals surface area (Å²) in [5, 5.41) is 0. The van der Waals surface area contributed by atoms with Crippen LogP contribution in [-0.4, -0.2) is 37.2 Å². The fourth-order valence-electron chi connectivity index (χ4n) is 7.34. The quantitative estimate of drug-likeness (QED) is 0.0348. The first-order valence-electron chi connectivity index (χ1n) is 24.7. The Morgan fingerprint density at radius 2 is 0.625 bits per heavy atom. The van der Waals surface area contributed by atoms with Crippen LogP contribution in [0.3, 0.4) is 0 Å².